The molecule has 0 saturated carbocycles. The molecule has 6 heteroatoms. The van der Waals surface area contributed by atoms with Gasteiger partial charge in [0.1, 0.15) is 17.4 Å². The van der Waals surface area contributed by atoms with Crippen molar-refractivity contribution in [3.05, 3.63) is 95.4 Å². The van der Waals surface area contributed by atoms with Gasteiger partial charge in [-0.25, -0.2) is 8.78 Å². The Morgan fingerprint density at radius 2 is 1.79 bits per heavy atom. The van der Waals surface area contributed by atoms with E-state index in [9.17, 15) is 13.6 Å². The highest BCUT2D eigenvalue weighted by atomic mass is 19.1. The van der Waals surface area contributed by atoms with Gasteiger partial charge in [-0.2, -0.15) is 0 Å². The van der Waals surface area contributed by atoms with Crippen LogP contribution in [0.25, 0.3) is 0 Å². The molecule has 1 atom stereocenters. The van der Waals surface area contributed by atoms with E-state index in [1.807, 2.05) is 36.4 Å². The summed E-state index contributed by atoms with van der Waals surface area (Å²) in [6.45, 7) is 2.57. The second-order valence-corrected chi connectivity index (χ2v) is 7.07. The molecule has 1 unspecified atom stereocenters. The zero-order valence-corrected chi connectivity index (χ0v) is 16.5. The number of nitrogens with zero attached hydrogens (tertiary/aromatic N) is 2. The van der Waals surface area contributed by atoms with Crippen molar-refractivity contribution in [3.8, 4) is 0 Å². The van der Waals surface area contributed by atoms with E-state index in [0.717, 1.165) is 17.7 Å². The Balaban J connectivity index is 1.73. The van der Waals surface area contributed by atoms with Crippen LogP contribution in [0.2, 0.25) is 0 Å². The van der Waals surface area contributed by atoms with Gasteiger partial charge in [-0.3, -0.25) is 9.69 Å². The first-order valence-corrected chi connectivity index (χ1v) is 9.43. The summed E-state index contributed by atoms with van der Waals surface area (Å²) in [6, 6.07) is 16.2. The summed E-state index contributed by atoms with van der Waals surface area (Å²) in [4.78, 5) is 16.4. The number of benzene rings is 2. The zero-order valence-electron chi connectivity index (χ0n) is 16.5. The summed E-state index contributed by atoms with van der Waals surface area (Å²) >= 11 is 0. The van der Waals surface area contributed by atoms with Crippen LogP contribution in [-0.4, -0.2) is 29.3 Å². The predicted octanol–water partition coefficient (Wildman–Crippen LogP) is 4.78. The fourth-order valence-corrected chi connectivity index (χ4v) is 3.15. The molecule has 29 heavy (non-hydrogen) atoms. The number of hydrogen-bond donors (Lipinski definition) is 0. The maximum Gasteiger partial charge on any atom is 0.237 e. The molecule has 0 radical (unpaired) electrons. The number of halogens is 2. The van der Waals surface area contributed by atoms with Crippen molar-refractivity contribution in [2.24, 2.45) is 0 Å². The Morgan fingerprint density at radius 1 is 1.03 bits per heavy atom. The zero-order chi connectivity index (χ0) is 20.8. The van der Waals surface area contributed by atoms with Gasteiger partial charge in [0.05, 0.1) is 19.4 Å². The molecule has 0 aliphatic rings. The van der Waals surface area contributed by atoms with E-state index in [4.69, 9.17) is 4.42 Å². The van der Waals surface area contributed by atoms with Gasteiger partial charge in [-0.15, -0.1) is 0 Å². The molecule has 4 nitrogen and oxygen atoms in total. The number of hydrogen-bond acceptors (Lipinski definition) is 3. The average molecular weight is 398 g/mol. The summed E-state index contributed by atoms with van der Waals surface area (Å²) in [6.07, 6.45) is 1.57. The smallest absolute Gasteiger partial charge is 0.237 e. The molecule has 2 aromatic carbocycles. The van der Waals surface area contributed by atoms with Crippen LogP contribution in [0.3, 0.4) is 0 Å². The number of carbonyl (C=O) groups excluding carboxylic acids is 1. The molecule has 152 valence electrons. The Kier molecular flexibility index (Phi) is 6.77. The van der Waals surface area contributed by atoms with Crippen LogP contribution in [0.15, 0.2) is 71.3 Å². The highest BCUT2D eigenvalue weighted by Gasteiger charge is 2.22. The standard InChI is InChI=1S/C23H24F2N2O2/c1-17(21-13-19(24)10-11-22(21)25)26(2)16-23(28)27(15-20-9-6-12-29-20)14-18-7-4-3-5-8-18/h3-13,17H,14-16H2,1-2H3. The molecule has 3 rings (SSSR count). The van der Waals surface area contributed by atoms with Crippen LogP contribution >= 0.6 is 0 Å². The van der Waals surface area contributed by atoms with Gasteiger partial charge < -0.3 is 9.32 Å². The van der Waals surface area contributed by atoms with Gasteiger partial charge in [-0.1, -0.05) is 30.3 Å². The van der Waals surface area contributed by atoms with E-state index in [0.29, 0.717) is 18.8 Å². The van der Waals surface area contributed by atoms with E-state index < -0.39 is 17.7 Å². The Labute approximate surface area is 169 Å². The molecule has 0 bridgehead atoms. The third-order valence-corrected chi connectivity index (χ3v) is 4.95. The molecule has 0 spiro atoms. The van der Waals surface area contributed by atoms with E-state index in [2.05, 4.69) is 0 Å². The van der Waals surface area contributed by atoms with Crippen LogP contribution in [0.1, 0.15) is 29.9 Å². The number of furan rings is 1. The first-order valence-electron chi connectivity index (χ1n) is 9.43. The number of carbonyl (C=O) groups is 1. The van der Waals surface area contributed by atoms with Crippen molar-refractivity contribution in [1.82, 2.24) is 9.80 Å². The molecule has 1 aromatic heterocycles. The topological polar surface area (TPSA) is 36.7 Å². The molecular formula is C23H24F2N2O2. The summed E-state index contributed by atoms with van der Waals surface area (Å²) in [5, 5.41) is 0. The van der Waals surface area contributed by atoms with E-state index in [-0.39, 0.29) is 18.0 Å². The monoisotopic (exact) mass is 398 g/mol. The first kappa shape index (κ1) is 20.7. The maximum atomic E-state index is 14.1. The molecule has 0 aliphatic carbocycles. The largest absolute Gasteiger partial charge is 0.467 e. The van der Waals surface area contributed by atoms with Gasteiger partial charge in [0.15, 0.2) is 0 Å². The molecule has 0 saturated heterocycles. The average Bonchev–Trinajstić information content (AvgIpc) is 3.22. The van der Waals surface area contributed by atoms with Crippen LogP contribution < -0.4 is 0 Å². The minimum Gasteiger partial charge on any atom is -0.467 e. The van der Waals surface area contributed by atoms with Gasteiger partial charge in [-0.05, 0) is 49.9 Å². The van der Waals surface area contributed by atoms with Crippen LogP contribution in [0.4, 0.5) is 8.78 Å². The number of amides is 1. The molecule has 1 heterocycles. The lowest BCUT2D eigenvalue weighted by Crippen LogP contribution is -2.39. The maximum absolute atomic E-state index is 14.1. The van der Waals surface area contributed by atoms with E-state index >= 15 is 0 Å². The summed E-state index contributed by atoms with van der Waals surface area (Å²) in [7, 11) is 1.72. The molecule has 0 N–H and O–H groups in total. The van der Waals surface area contributed by atoms with Gasteiger partial charge in [0.2, 0.25) is 5.91 Å². The van der Waals surface area contributed by atoms with E-state index in [1.54, 1.807) is 36.1 Å². The minimum absolute atomic E-state index is 0.0602. The third kappa shape index (κ3) is 5.51. The summed E-state index contributed by atoms with van der Waals surface area (Å²) < 4.78 is 33.1. The van der Waals surface area contributed by atoms with Gasteiger partial charge in [0.25, 0.3) is 0 Å². The van der Waals surface area contributed by atoms with Crippen LogP contribution in [0, 0.1) is 11.6 Å². The fraction of sp³-hybridized carbons (Fsp3) is 0.261. The van der Waals surface area contributed by atoms with Crippen molar-refractivity contribution < 1.29 is 18.0 Å². The highest BCUT2D eigenvalue weighted by Crippen LogP contribution is 2.23. The SMILES string of the molecule is CC(c1cc(F)ccc1F)N(C)CC(=O)N(Cc1ccccc1)Cc1ccco1. The Bertz CT molecular complexity index is 929. The van der Waals surface area contributed by atoms with Crippen molar-refractivity contribution in [3.63, 3.8) is 0 Å². The molecule has 3 aromatic rings. The summed E-state index contributed by atoms with van der Waals surface area (Å²) in [5.41, 5.74) is 1.22. The predicted molar refractivity (Wildman–Crippen MR) is 107 cm³/mol. The first-order chi connectivity index (χ1) is 13.9. The Morgan fingerprint density at radius 3 is 2.48 bits per heavy atom. The van der Waals surface area contributed by atoms with Crippen molar-refractivity contribution in [1.29, 1.82) is 0 Å². The number of rotatable bonds is 8. The van der Waals surface area contributed by atoms with Crippen molar-refractivity contribution in [2.45, 2.75) is 26.1 Å². The lowest BCUT2D eigenvalue weighted by Gasteiger charge is -2.29. The quantitative estimate of drug-likeness (QED) is 0.548. The highest BCUT2D eigenvalue weighted by molar-refractivity contribution is 5.78. The fourth-order valence-electron chi connectivity index (χ4n) is 3.15. The minimum atomic E-state index is -0.503. The van der Waals surface area contributed by atoms with Crippen molar-refractivity contribution in [2.75, 3.05) is 13.6 Å². The van der Waals surface area contributed by atoms with Crippen LogP contribution in [0.5, 0.6) is 0 Å². The van der Waals surface area contributed by atoms with Gasteiger partial charge in [0, 0.05) is 18.2 Å². The normalized spacial score (nSPS) is 12.2. The molecule has 0 fully saturated rings. The lowest BCUT2D eigenvalue weighted by atomic mass is 10.1. The number of likely N-dealkylation sites (N-methyl/N-ethyl adjacent to an activating group) is 1. The van der Waals surface area contributed by atoms with Crippen LogP contribution in [-0.2, 0) is 17.9 Å². The second-order valence-electron chi connectivity index (χ2n) is 7.07. The summed E-state index contributed by atoms with van der Waals surface area (Å²) in [5.74, 6) is -0.441. The van der Waals surface area contributed by atoms with Crippen molar-refractivity contribution >= 4 is 5.91 Å². The molecule has 0 aliphatic heterocycles. The van der Waals surface area contributed by atoms with Gasteiger partial charge >= 0.3 is 0 Å². The molecular weight excluding hydrogens is 374 g/mol. The van der Waals surface area contributed by atoms with E-state index in [1.165, 1.54) is 6.07 Å². The Hall–Kier alpha value is -2.99. The third-order valence-electron chi connectivity index (χ3n) is 4.95. The lowest BCUT2D eigenvalue weighted by molar-refractivity contribution is -0.134. The second kappa shape index (κ2) is 9.47. The molecule has 1 amide bonds.